The Balaban J connectivity index is 1.92. The van der Waals surface area contributed by atoms with Crippen LogP contribution in [0, 0.1) is 0 Å². The van der Waals surface area contributed by atoms with Crippen LogP contribution in [0.15, 0.2) is 43.0 Å². The lowest BCUT2D eigenvalue weighted by Crippen LogP contribution is -2.20. The van der Waals surface area contributed by atoms with Crippen LogP contribution in [0.25, 0.3) is 11.0 Å². The van der Waals surface area contributed by atoms with Crippen LogP contribution in [0.1, 0.15) is 17.4 Å². The lowest BCUT2D eigenvalue weighted by Gasteiger charge is -2.16. The Morgan fingerprint density at radius 3 is 2.60 bits per heavy atom. The Kier molecular flexibility index (Phi) is 3.43. The van der Waals surface area contributed by atoms with Gasteiger partial charge in [0.1, 0.15) is 5.82 Å². The van der Waals surface area contributed by atoms with E-state index >= 15 is 0 Å². The van der Waals surface area contributed by atoms with Crippen molar-refractivity contribution in [2.24, 2.45) is 7.05 Å². The number of likely N-dealkylation sites (N-methyl/N-ethyl adjacent to an activating group) is 1. The number of aromatic nitrogens is 4. The van der Waals surface area contributed by atoms with Crippen LogP contribution >= 0.6 is 0 Å². The summed E-state index contributed by atoms with van der Waals surface area (Å²) in [5.41, 5.74) is 3.04. The van der Waals surface area contributed by atoms with Crippen LogP contribution in [-0.2, 0) is 13.5 Å². The minimum absolute atomic E-state index is 0.211. The number of nitrogens with zero attached hydrogens (tertiary/aromatic N) is 4. The summed E-state index contributed by atoms with van der Waals surface area (Å²) in [6.45, 7) is 0. The second-order valence-corrected chi connectivity index (χ2v) is 4.80. The molecule has 2 aromatic heterocycles. The Labute approximate surface area is 117 Å². The highest BCUT2D eigenvalue weighted by Gasteiger charge is 2.13. The van der Waals surface area contributed by atoms with Gasteiger partial charge in [-0.2, -0.15) is 0 Å². The zero-order chi connectivity index (χ0) is 13.9. The highest BCUT2D eigenvalue weighted by atomic mass is 15.0. The molecule has 0 radical (unpaired) electrons. The van der Waals surface area contributed by atoms with Gasteiger partial charge >= 0.3 is 0 Å². The Hall–Kier alpha value is -2.27. The van der Waals surface area contributed by atoms with Crippen molar-refractivity contribution < 1.29 is 0 Å². The molecule has 0 bridgehead atoms. The van der Waals surface area contributed by atoms with Crippen LogP contribution in [-0.4, -0.2) is 26.6 Å². The molecule has 1 atom stereocenters. The van der Waals surface area contributed by atoms with E-state index in [9.17, 15) is 0 Å². The van der Waals surface area contributed by atoms with Crippen molar-refractivity contribution in [3.05, 3.63) is 54.4 Å². The first-order valence-electron chi connectivity index (χ1n) is 6.62. The molecular formula is C15H17N5. The number of benzene rings is 1. The van der Waals surface area contributed by atoms with Crippen molar-refractivity contribution in [2.75, 3.05) is 7.05 Å². The summed E-state index contributed by atoms with van der Waals surface area (Å²) in [6, 6.07) is 6.41. The second kappa shape index (κ2) is 5.38. The minimum atomic E-state index is 0.211. The summed E-state index contributed by atoms with van der Waals surface area (Å²) >= 11 is 0. The number of fused-ring (bicyclic) bond motifs is 1. The SMILES string of the molecule is CNC(Cc1nccn1C)c1ccc2nccnc2c1. The first kappa shape index (κ1) is 12.7. The van der Waals surface area contributed by atoms with E-state index in [4.69, 9.17) is 0 Å². The van der Waals surface area contributed by atoms with Crippen molar-refractivity contribution in [1.29, 1.82) is 0 Å². The third-order valence-electron chi connectivity index (χ3n) is 3.55. The topological polar surface area (TPSA) is 55.6 Å². The van der Waals surface area contributed by atoms with Gasteiger partial charge in [0.25, 0.3) is 0 Å². The van der Waals surface area contributed by atoms with E-state index in [1.54, 1.807) is 12.4 Å². The first-order valence-corrected chi connectivity index (χ1v) is 6.62. The number of nitrogens with one attached hydrogen (secondary N) is 1. The van der Waals surface area contributed by atoms with Crippen molar-refractivity contribution in [1.82, 2.24) is 24.8 Å². The van der Waals surface area contributed by atoms with Gasteiger partial charge < -0.3 is 9.88 Å². The molecule has 0 aliphatic rings. The largest absolute Gasteiger partial charge is 0.338 e. The maximum Gasteiger partial charge on any atom is 0.110 e. The minimum Gasteiger partial charge on any atom is -0.338 e. The summed E-state index contributed by atoms with van der Waals surface area (Å²) < 4.78 is 2.05. The molecule has 1 unspecified atom stereocenters. The van der Waals surface area contributed by atoms with Crippen molar-refractivity contribution >= 4 is 11.0 Å². The van der Waals surface area contributed by atoms with Crippen LogP contribution in [0.4, 0.5) is 0 Å². The molecule has 5 heteroatoms. The molecule has 1 N–H and O–H groups in total. The summed E-state index contributed by atoms with van der Waals surface area (Å²) in [7, 11) is 3.98. The number of imidazole rings is 1. The van der Waals surface area contributed by atoms with Crippen LogP contribution in [0.3, 0.4) is 0 Å². The molecule has 2 heterocycles. The lowest BCUT2D eigenvalue weighted by molar-refractivity contribution is 0.564. The lowest BCUT2D eigenvalue weighted by atomic mass is 10.0. The molecule has 0 aliphatic carbocycles. The predicted molar refractivity (Wildman–Crippen MR) is 78.3 cm³/mol. The average Bonchev–Trinajstić information content (AvgIpc) is 2.89. The number of hydrogen-bond acceptors (Lipinski definition) is 4. The molecule has 1 aromatic carbocycles. The first-order chi connectivity index (χ1) is 9.78. The summed E-state index contributed by atoms with van der Waals surface area (Å²) in [6.07, 6.45) is 8.07. The van der Waals surface area contributed by atoms with Gasteiger partial charge in [-0.15, -0.1) is 0 Å². The smallest absolute Gasteiger partial charge is 0.110 e. The normalized spacial score (nSPS) is 12.7. The molecule has 0 fully saturated rings. The standard InChI is InChI=1S/C15H17N5/c1-16-13(10-15-19-7-8-20(15)2)11-3-4-12-14(9-11)18-6-5-17-12/h3-9,13,16H,10H2,1-2H3. The van der Waals surface area contributed by atoms with Gasteiger partial charge in [0.05, 0.1) is 11.0 Å². The molecule has 0 saturated carbocycles. The quantitative estimate of drug-likeness (QED) is 0.784. The number of hydrogen-bond donors (Lipinski definition) is 1. The molecule has 102 valence electrons. The molecule has 20 heavy (non-hydrogen) atoms. The maximum absolute atomic E-state index is 4.39. The van der Waals surface area contributed by atoms with Crippen LogP contribution < -0.4 is 5.32 Å². The fourth-order valence-electron chi connectivity index (χ4n) is 2.36. The number of aryl methyl sites for hydroxylation is 1. The Morgan fingerprint density at radius 2 is 1.90 bits per heavy atom. The number of rotatable bonds is 4. The van der Waals surface area contributed by atoms with Gasteiger partial charge in [-0.05, 0) is 24.7 Å². The van der Waals surface area contributed by atoms with Gasteiger partial charge in [-0.3, -0.25) is 9.97 Å². The average molecular weight is 267 g/mol. The van der Waals surface area contributed by atoms with E-state index in [0.717, 1.165) is 23.3 Å². The Bertz CT molecular complexity index is 719. The molecule has 0 aliphatic heterocycles. The predicted octanol–water partition coefficient (Wildman–Crippen LogP) is 1.87. The van der Waals surface area contributed by atoms with Gasteiger partial charge in [-0.1, -0.05) is 6.07 Å². The fourth-order valence-corrected chi connectivity index (χ4v) is 2.36. The van der Waals surface area contributed by atoms with E-state index in [2.05, 4.69) is 32.4 Å². The van der Waals surface area contributed by atoms with E-state index in [1.807, 2.05) is 37.1 Å². The van der Waals surface area contributed by atoms with Gasteiger partial charge in [0, 0.05) is 44.3 Å². The molecule has 0 amide bonds. The monoisotopic (exact) mass is 267 g/mol. The molecule has 3 aromatic rings. The fraction of sp³-hybridized carbons (Fsp3) is 0.267. The van der Waals surface area contributed by atoms with Gasteiger partial charge in [0.15, 0.2) is 0 Å². The summed E-state index contributed by atoms with van der Waals surface area (Å²) in [5.74, 6) is 1.06. The Morgan fingerprint density at radius 1 is 1.10 bits per heavy atom. The highest BCUT2D eigenvalue weighted by Crippen LogP contribution is 2.20. The van der Waals surface area contributed by atoms with Crippen molar-refractivity contribution in [3.8, 4) is 0 Å². The maximum atomic E-state index is 4.39. The zero-order valence-corrected chi connectivity index (χ0v) is 11.6. The van der Waals surface area contributed by atoms with E-state index in [-0.39, 0.29) is 6.04 Å². The third kappa shape index (κ3) is 2.40. The third-order valence-corrected chi connectivity index (χ3v) is 3.55. The molecule has 5 nitrogen and oxygen atoms in total. The van der Waals surface area contributed by atoms with Crippen molar-refractivity contribution in [2.45, 2.75) is 12.5 Å². The summed E-state index contributed by atoms with van der Waals surface area (Å²) in [5, 5.41) is 3.35. The zero-order valence-electron chi connectivity index (χ0n) is 11.6. The van der Waals surface area contributed by atoms with Gasteiger partial charge in [-0.25, -0.2) is 4.98 Å². The molecule has 0 spiro atoms. The molecule has 3 rings (SSSR count). The van der Waals surface area contributed by atoms with Crippen LogP contribution in [0.5, 0.6) is 0 Å². The van der Waals surface area contributed by atoms with E-state index in [0.29, 0.717) is 0 Å². The second-order valence-electron chi connectivity index (χ2n) is 4.80. The summed E-state index contributed by atoms with van der Waals surface area (Å²) in [4.78, 5) is 13.0. The van der Waals surface area contributed by atoms with E-state index in [1.165, 1.54) is 5.56 Å². The van der Waals surface area contributed by atoms with Crippen LogP contribution in [0.2, 0.25) is 0 Å². The molecular weight excluding hydrogens is 250 g/mol. The van der Waals surface area contributed by atoms with Gasteiger partial charge in [0.2, 0.25) is 0 Å². The molecule has 0 saturated heterocycles. The highest BCUT2D eigenvalue weighted by molar-refractivity contribution is 5.74. The van der Waals surface area contributed by atoms with Crippen molar-refractivity contribution in [3.63, 3.8) is 0 Å². The van der Waals surface area contributed by atoms with E-state index < -0.39 is 0 Å².